The highest BCUT2D eigenvalue weighted by atomic mass is 32.2. The van der Waals surface area contributed by atoms with Crippen LogP contribution in [0, 0.1) is 6.92 Å². The molecule has 2 aromatic heterocycles. The average Bonchev–Trinajstić information content (AvgIpc) is 3.37. The molecule has 2 aliphatic rings. The Hall–Kier alpha value is -3.06. The molecule has 2 N–H and O–H groups in total. The van der Waals surface area contributed by atoms with Crippen LogP contribution in [0.4, 0.5) is 5.82 Å². The minimum Gasteiger partial charge on any atom is -0.387 e. The second-order valence-electron chi connectivity index (χ2n) is 8.98. The fourth-order valence-corrected chi connectivity index (χ4v) is 7.55. The summed E-state index contributed by atoms with van der Waals surface area (Å²) >= 11 is 6.44. The predicted octanol–water partition coefficient (Wildman–Crippen LogP) is 2.54. The predicted molar refractivity (Wildman–Crippen MR) is 148 cm³/mol. The molecule has 0 bridgehead atoms. The lowest BCUT2D eigenvalue weighted by Crippen LogP contribution is -2.39. The molecule has 4 heterocycles. The van der Waals surface area contributed by atoms with E-state index < -0.39 is 27.9 Å². The second-order valence-corrected chi connectivity index (χ2v) is 12.9. The van der Waals surface area contributed by atoms with E-state index in [-0.39, 0.29) is 44.2 Å². The van der Waals surface area contributed by atoms with E-state index in [1.54, 1.807) is 24.4 Å². The molecule has 0 spiro atoms. The van der Waals surface area contributed by atoms with Crippen molar-refractivity contribution in [1.29, 1.82) is 0 Å². The van der Waals surface area contributed by atoms with Gasteiger partial charge in [0.05, 0.1) is 34.1 Å². The first-order chi connectivity index (χ1) is 17.6. The Balaban J connectivity index is 1.53. The van der Waals surface area contributed by atoms with Crippen molar-refractivity contribution < 1.29 is 18.3 Å². The van der Waals surface area contributed by atoms with Crippen molar-refractivity contribution in [1.82, 2.24) is 14.3 Å². The van der Waals surface area contributed by atoms with Crippen molar-refractivity contribution in [3.8, 4) is 0 Å². The van der Waals surface area contributed by atoms with Gasteiger partial charge in [0, 0.05) is 12.7 Å². The van der Waals surface area contributed by atoms with E-state index >= 15 is 0 Å². The van der Waals surface area contributed by atoms with E-state index in [9.17, 15) is 23.1 Å². The van der Waals surface area contributed by atoms with Crippen LogP contribution in [-0.4, -0.2) is 62.1 Å². The zero-order chi connectivity index (χ0) is 26.3. The number of carbonyl (C=O) groups excluding carboxylic acids is 1. The summed E-state index contributed by atoms with van der Waals surface area (Å²) in [7, 11) is -3.22. The van der Waals surface area contributed by atoms with Gasteiger partial charge >= 0.3 is 0 Å². The molecular formula is C25H24N4O5S3. The van der Waals surface area contributed by atoms with Gasteiger partial charge in [0.15, 0.2) is 9.84 Å². The summed E-state index contributed by atoms with van der Waals surface area (Å²) in [5.74, 6) is -0.318. The van der Waals surface area contributed by atoms with Gasteiger partial charge in [0.1, 0.15) is 15.8 Å². The molecule has 0 radical (unpaired) electrons. The quantitative estimate of drug-likeness (QED) is 0.349. The number of hydrogen-bond acceptors (Lipinski definition) is 9. The van der Waals surface area contributed by atoms with Gasteiger partial charge in [-0.1, -0.05) is 60.4 Å². The van der Waals surface area contributed by atoms with Crippen LogP contribution in [-0.2, 0) is 14.6 Å². The molecule has 1 amide bonds. The number of carbonyl (C=O) groups is 1. The molecule has 5 rings (SSSR count). The monoisotopic (exact) mass is 556 g/mol. The van der Waals surface area contributed by atoms with E-state index in [4.69, 9.17) is 12.2 Å². The number of aliphatic hydroxyl groups is 1. The largest absolute Gasteiger partial charge is 0.387 e. The van der Waals surface area contributed by atoms with E-state index in [0.29, 0.717) is 17.6 Å². The van der Waals surface area contributed by atoms with E-state index in [1.165, 1.54) is 15.4 Å². The highest BCUT2D eigenvalue weighted by molar-refractivity contribution is 8.26. The summed E-state index contributed by atoms with van der Waals surface area (Å²) in [6.07, 6.45) is 2.52. The lowest BCUT2D eigenvalue weighted by Gasteiger charge is -2.21. The first kappa shape index (κ1) is 25.6. The third kappa shape index (κ3) is 5.06. The van der Waals surface area contributed by atoms with Crippen LogP contribution < -0.4 is 10.9 Å². The number of nitrogens with one attached hydrogen (secondary N) is 1. The van der Waals surface area contributed by atoms with Gasteiger partial charge in [0.25, 0.3) is 11.5 Å². The molecule has 12 heteroatoms. The molecule has 2 fully saturated rings. The molecule has 2 aliphatic heterocycles. The van der Waals surface area contributed by atoms with Crippen molar-refractivity contribution in [2.75, 3.05) is 23.4 Å². The van der Waals surface area contributed by atoms with Gasteiger partial charge in [0.2, 0.25) is 0 Å². The van der Waals surface area contributed by atoms with Gasteiger partial charge in [-0.15, -0.1) is 0 Å². The number of thioether (sulfide) groups is 1. The number of aromatic nitrogens is 2. The summed E-state index contributed by atoms with van der Waals surface area (Å²) in [5.41, 5.74) is 1.69. The van der Waals surface area contributed by atoms with Gasteiger partial charge in [-0.25, -0.2) is 13.4 Å². The number of hydrogen-bond donors (Lipinski definition) is 2. The fraction of sp³-hybridized carbons (Fsp3) is 0.280. The topological polar surface area (TPSA) is 121 Å². The van der Waals surface area contributed by atoms with Crippen LogP contribution in [0.15, 0.2) is 58.4 Å². The number of aryl methyl sites for hydroxylation is 1. The van der Waals surface area contributed by atoms with Crippen molar-refractivity contribution >= 4 is 61.6 Å². The average molecular weight is 557 g/mol. The van der Waals surface area contributed by atoms with Gasteiger partial charge in [-0.05, 0) is 36.6 Å². The Morgan fingerprint density at radius 1 is 1.24 bits per heavy atom. The Bertz CT molecular complexity index is 1600. The minimum absolute atomic E-state index is 0.0148. The minimum atomic E-state index is -3.22. The first-order valence-corrected chi connectivity index (χ1v) is 14.7. The number of thiocarbonyl (C=S) groups is 1. The number of anilines is 1. The number of aliphatic hydroxyl groups excluding tert-OH is 1. The Kier molecular flexibility index (Phi) is 6.92. The fourth-order valence-electron chi connectivity index (χ4n) is 4.47. The molecule has 0 aliphatic carbocycles. The molecule has 2 unspecified atom stereocenters. The van der Waals surface area contributed by atoms with E-state index in [0.717, 1.165) is 17.3 Å². The molecule has 37 heavy (non-hydrogen) atoms. The molecule has 0 saturated carbocycles. The summed E-state index contributed by atoms with van der Waals surface area (Å²) in [6.45, 7) is 1.92. The van der Waals surface area contributed by atoms with Crippen LogP contribution in [0.5, 0.6) is 0 Å². The lowest BCUT2D eigenvalue weighted by atomic mass is 10.1. The van der Waals surface area contributed by atoms with Crippen molar-refractivity contribution in [3.63, 3.8) is 0 Å². The van der Waals surface area contributed by atoms with Crippen LogP contribution in [0.2, 0.25) is 0 Å². The highest BCUT2D eigenvalue weighted by Gasteiger charge is 2.42. The molecular weight excluding hydrogens is 532 g/mol. The number of amides is 1. The maximum Gasteiger partial charge on any atom is 0.267 e. The van der Waals surface area contributed by atoms with Crippen LogP contribution in [0.3, 0.4) is 0 Å². The summed E-state index contributed by atoms with van der Waals surface area (Å²) in [4.78, 5) is 33.0. The third-order valence-electron chi connectivity index (χ3n) is 6.40. The Labute approximate surface area is 223 Å². The highest BCUT2D eigenvalue weighted by Crippen LogP contribution is 2.36. The van der Waals surface area contributed by atoms with Crippen molar-refractivity contribution in [2.24, 2.45) is 0 Å². The Morgan fingerprint density at radius 3 is 2.70 bits per heavy atom. The summed E-state index contributed by atoms with van der Waals surface area (Å²) in [5, 5.41) is 13.7. The van der Waals surface area contributed by atoms with Gasteiger partial charge in [-0.3, -0.25) is 18.9 Å². The molecule has 1 aromatic carbocycles. The number of rotatable bonds is 6. The third-order valence-corrected chi connectivity index (χ3v) is 9.48. The standard InChI is InChI=1S/C25H24N4O5S3/c1-15-6-5-10-28-22(15)27-21(26-13-19(30)16-7-3-2-4-8-16)18(23(28)31)12-20-24(32)29(25(35)36-20)17-9-11-37(33,34)14-17/h2-8,10,12,17,19,26,30H,9,11,13-14H2,1H3/b20-12-. The molecule has 2 saturated heterocycles. The number of nitrogens with zero attached hydrogens (tertiary/aromatic N) is 3. The molecule has 192 valence electrons. The van der Waals surface area contributed by atoms with Crippen molar-refractivity contribution in [3.05, 3.63) is 80.6 Å². The van der Waals surface area contributed by atoms with Crippen molar-refractivity contribution in [2.45, 2.75) is 25.5 Å². The SMILES string of the molecule is Cc1cccn2c(=O)c(/C=C3\SC(=S)N(C4CCS(=O)(=O)C4)C3=O)c(NCC(O)c3ccccc3)nc12. The molecule has 2 atom stereocenters. The maximum atomic E-state index is 13.5. The van der Waals surface area contributed by atoms with E-state index in [1.807, 2.05) is 31.2 Å². The number of sulfone groups is 1. The second kappa shape index (κ2) is 10.0. The smallest absolute Gasteiger partial charge is 0.267 e. The summed E-state index contributed by atoms with van der Waals surface area (Å²) < 4.78 is 25.6. The normalized spacial score (nSPS) is 21.2. The maximum absolute atomic E-state index is 13.5. The zero-order valence-corrected chi connectivity index (χ0v) is 22.3. The van der Waals surface area contributed by atoms with Crippen LogP contribution in [0.25, 0.3) is 11.7 Å². The van der Waals surface area contributed by atoms with E-state index in [2.05, 4.69) is 10.3 Å². The van der Waals surface area contributed by atoms with Gasteiger partial charge < -0.3 is 10.4 Å². The first-order valence-electron chi connectivity index (χ1n) is 11.6. The molecule has 3 aromatic rings. The zero-order valence-electron chi connectivity index (χ0n) is 19.8. The molecule has 9 nitrogen and oxygen atoms in total. The van der Waals surface area contributed by atoms with Crippen LogP contribution >= 0.6 is 24.0 Å². The van der Waals surface area contributed by atoms with Gasteiger partial charge in [-0.2, -0.15) is 0 Å². The lowest BCUT2D eigenvalue weighted by molar-refractivity contribution is -0.123. The summed E-state index contributed by atoms with van der Waals surface area (Å²) in [6, 6.07) is 12.2. The Morgan fingerprint density at radius 2 is 2.00 bits per heavy atom. The number of pyridine rings is 1. The number of benzene rings is 1. The van der Waals surface area contributed by atoms with Crippen LogP contribution in [0.1, 0.15) is 29.2 Å². The number of fused-ring (bicyclic) bond motifs is 1.